The number of aryl methyl sites for hydroxylation is 1. The van der Waals surface area contributed by atoms with Gasteiger partial charge in [0.2, 0.25) is 0 Å². The molecule has 0 spiro atoms. The number of hydrogen-bond acceptors (Lipinski definition) is 3. The van der Waals surface area contributed by atoms with E-state index >= 15 is 0 Å². The first kappa shape index (κ1) is 14.5. The highest BCUT2D eigenvalue weighted by atomic mass is 79.9. The molecule has 2 rings (SSSR count). The van der Waals surface area contributed by atoms with Crippen LogP contribution in [0.15, 0.2) is 28.1 Å². The standard InChI is InChI=1S/C15H19BrN2S/c1-10-7-11(16)5-6-12(10)17-8-14-18-13(9-19-14)15(2,3)4/h5-7,9,17H,8H2,1-4H3. The van der Waals surface area contributed by atoms with Gasteiger partial charge in [-0.25, -0.2) is 4.98 Å². The number of aromatic nitrogens is 1. The minimum Gasteiger partial charge on any atom is -0.378 e. The van der Waals surface area contributed by atoms with E-state index in [4.69, 9.17) is 4.98 Å². The van der Waals surface area contributed by atoms with Crippen LogP contribution in [0, 0.1) is 6.92 Å². The van der Waals surface area contributed by atoms with Gasteiger partial charge in [0.1, 0.15) is 5.01 Å². The van der Waals surface area contributed by atoms with E-state index in [1.807, 2.05) is 0 Å². The van der Waals surface area contributed by atoms with Crippen LogP contribution in [0.2, 0.25) is 0 Å². The summed E-state index contributed by atoms with van der Waals surface area (Å²) in [5.41, 5.74) is 3.70. The predicted molar refractivity (Wildman–Crippen MR) is 87.0 cm³/mol. The monoisotopic (exact) mass is 338 g/mol. The number of nitrogens with zero attached hydrogens (tertiary/aromatic N) is 1. The zero-order chi connectivity index (χ0) is 14.0. The van der Waals surface area contributed by atoms with E-state index in [1.165, 1.54) is 11.3 Å². The normalized spacial score (nSPS) is 11.6. The molecule has 1 aromatic carbocycles. The lowest BCUT2D eigenvalue weighted by Crippen LogP contribution is -2.12. The van der Waals surface area contributed by atoms with E-state index in [0.717, 1.165) is 21.7 Å². The summed E-state index contributed by atoms with van der Waals surface area (Å²) in [7, 11) is 0. The lowest BCUT2D eigenvalue weighted by atomic mass is 9.93. The summed E-state index contributed by atoms with van der Waals surface area (Å²) in [5.74, 6) is 0. The smallest absolute Gasteiger partial charge is 0.112 e. The van der Waals surface area contributed by atoms with Gasteiger partial charge in [0.05, 0.1) is 12.2 Å². The first-order valence-electron chi connectivity index (χ1n) is 6.31. The molecule has 1 heterocycles. The van der Waals surface area contributed by atoms with Crippen molar-refractivity contribution in [1.82, 2.24) is 4.98 Å². The van der Waals surface area contributed by atoms with E-state index in [9.17, 15) is 0 Å². The van der Waals surface area contributed by atoms with Gasteiger partial charge < -0.3 is 5.32 Å². The summed E-state index contributed by atoms with van der Waals surface area (Å²) in [5, 5.41) is 6.74. The highest BCUT2D eigenvalue weighted by Crippen LogP contribution is 2.25. The number of rotatable bonds is 3. The Bertz CT molecular complexity index is 570. The maximum Gasteiger partial charge on any atom is 0.112 e. The Labute approximate surface area is 127 Å². The van der Waals surface area contributed by atoms with Crippen LogP contribution in [0.4, 0.5) is 5.69 Å². The van der Waals surface area contributed by atoms with Gasteiger partial charge in [-0.2, -0.15) is 0 Å². The van der Waals surface area contributed by atoms with E-state index in [0.29, 0.717) is 0 Å². The summed E-state index contributed by atoms with van der Waals surface area (Å²) in [6.07, 6.45) is 0. The van der Waals surface area contributed by atoms with Crippen LogP contribution < -0.4 is 5.32 Å². The third kappa shape index (κ3) is 3.80. The van der Waals surface area contributed by atoms with Gasteiger partial charge >= 0.3 is 0 Å². The fourth-order valence-electron chi connectivity index (χ4n) is 1.73. The topological polar surface area (TPSA) is 24.9 Å². The number of anilines is 1. The molecule has 0 atom stereocenters. The van der Waals surface area contributed by atoms with Crippen LogP contribution in [0.3, 0.4) is 0 Å². The highest BCUT2D eigenvalue weighted by molar-refractivity contribution is 9.10. The Morgan fingerprint density at radius 1 is 1.32 bits per heavy atom. The second-order valence-corrected chi connectivity index (χ2v) is 7.55. The van der Waals surface area contributed by atoms with Crippen LogP contribution in [-0.2, 0) is 12.0 Å². The molecular weight excluding hydrogens is 320 g/mol. The van der Waals surface area contributed by atoms with E-state index in [-0.39, 0.29) is 5.41 Å². The number of thiazole rings is 1. The maximum absolute atomic E-state index is 4.69. The van der Waals surface area contributed by atoms with Crippen LogP contribution in [0.5, 0.6) is 0 Å². The molecule has 1 N–H and O–H groups in total. The zero-order valence-corrected chi connectivity index (χ0v) is 14.2. The van der Waals surface area contributed by atoms with Crippen molar-refractivity contribution >= 4 is 33.0 Å². The Morgan fingerprint density at radius 2 is 2.05 bits per heavy atom. The molecule has 0 aliphatic rings. The van der Waals surface area contributed by atoms with Crippen molar-refractivity contribution in [3.8, 4) is 0 Å². The quantitative estimate of drug-likeness (QED) is 0.839. The SMILES string of the molecule is Cc1cc(Br)ccc1NCc1nc(C(C)(C)C)cs1. The summed E-state index contributed by atoms with van der Waals surface area (Å²) in [6, 6.07) is 6.26. The average molecular weight is 339 g/mol. The Morgan fingerprint density at radius 3 is 2.63 bits per heavy atom. The van der Waals surface area contributed by atoms with E-state index in [1.54, 1.807) is 11.3 Å². The van der Waals surface area contributed by atoms with E-state index in [2.05, 4.69) is 72.5 Å². The molecule has 4 heteroatoms. The van der Waals surface area contributed by atoms with Gasteiger partial charge in [-0.05, 0) is 30.7 Å². The van der Waals surface area contributed by atoms with Crippen molar-refractivity contribution < 1.29 is 0 Å². The van der Waals surface area contributed by atoms with Gasteiger partial charge in [-0.15, -0.1) is 11.3 Å². The largest absolute Gasteiger partial charge is 0.378 e. The molecule has 1 aromatic heterocycles. The molecule has 102 valence electrons. The van der Waals surface area contributed by atoms with Crippen molar-refractivity contribution in [3.05, 3.63) is 44.3 Å². The maximum atomic E-state index is 4.69. The van der Waals surface area contributed by atoms with Crippen molar-refractivity contribution in [2.45, 2.75) is 39.7 Å². The number of nitrogens with one attached hydrogen (secondary N) is 1. The first-order valence-corrected chi connectivity index (χ1v) is 7.98. The zero-order valence-electron chi connectivity index (χ0n) is 11.7. The summed E-state index contributed by atoms with van der Waals surface area (Å²) in [4.78, 5) is 4.69. The van der Waals surface area contributed by atoms with E-state index < -0.39 is 0 Å². The van der Waals surface area contributed by atoms with Crippen molar-refractivity contribution in [1.29, 1.82) is 0 Å². The highest BCUT2D eigenvalue weighted by Gasteiger charge is 2.17. The third-order valence-electron chi connectivity index (χ3n) is 2.94. The van der Waals surface area contributed by atoms with Crippen LogP contribution in [0.25, 0.3) is 0 Å². The lowest BCUT2D eigenvalue weighted by Gasteiger charge is -2.14. The second-order valence-electron chi connectivity index (χ2n) is 5.69. The van der Waals surface area contributed by atoms with Gasteiger partial charge in [0.25, 0.3) is 0 Å². The van der Waals surface area contributed by atoms with Gasteiger partial charge in [-0.3, -0.25) is 0 Å². The molecule has 0 saturated heterocycles. The molecule has 0 radical (unpaired) electrons. The molecule has 0 saturated carbocycles. The molecule has 0 unspecified atom stereocenters. The minimum absolute atomic E-state index is 0.127. The number of hydrogen-bond donors (Lipinski definition) is 1. The van der Waals surface area contributed by atoms with Crippen LogP contribution >= 0.6 is 27.3 Å². The average Bonchev–Trinajstić information content (AvgIpc) is 2.76. The van der Waals surface area contributed by atoms with Gasteiger partial charge in [0, 0.05) is 21.0 Å². The first-order chi connectivity index (χ1) is 8.86. The molecule has 0 fully saturated rings. The van der Waals surface area contributed by atoms with Crippen molar-refractivity contribution in [2.75, 3.05) is 5.32 Å². The summed E-state index contributed by atoms with van der Waals surface area (Å²) < 4.78 is 1.11. The Balaban J connectivity index is 2.04. The van der Waals surface area contributed by atoms with Crippen molar-refractivity contribution in [2.24, 2.45) is 0 Å². The molecule has 0 bridgehead atoms. The molecule has 0 aliphatic carbocycles. The van der Waals surface area contributed by atoms with Gasteiger partial charge in [0.15, 0.2) is 0 Å². The Hall–Kier alpha value is -0.870. The predicted octanol–water partition coefficient (Wildman–Crippen LogP) is 5.12. The van der Waals surface area contributed by atoms with Gasteiger partial charge in [-0.1, -0.05) is 36.7 Å². The number of halogens is 1. The number of benzene rings is 1. The fourth-order valence-corrected chi connectivity index (χ4v) is 3.17. The molecular formula is C15H19BrN2S. The van der Waals surface area contributed by atoms with Crippen LogP contribution in [-0.4, -0.2) is 4.98 Å². The second kappa shape index (κ2) is 5.63. The molecule has 0 aliphatic heterocycles. The minimum atomic E-state index is 0.127. The molecule has 2 nitrogen and oxygen atoms in total. The lowest BCUT2D eigenvalue weighted by molar-refractivity contribution is 0.571. The van der Waals surface area contributed by atoms with Crippen LogP contribution in [0.1, 0.15) is 37.0 Å². The summed E-state index contributed by atoms with van der Waals surface area (Å²) in [6.45, 7) is 9.47. The molecule has 19 heavy (non-hydrogen) atoms. The third-order valence-corrected chi connectivity index (χ3v) is 4.28. The fraction of sp³-hybridized carbons (Fsp3) is 0.400. The molecule has 0 amide bonds. The Kier molecular flexibility index (Phi) is 4.31. The van der Waals surface area contributed by atoms with Crippen molar-refractivity contribution in [3.63, 3.8) is 0 Å². The molecule has 2 aromatic rings. The summed E-state index contributed by atoms with van der Waals surface area (Å²) >= 11 is 5.20.